The van der Waals surface area contributed by atoms with Crippen molar-refractivity contribution in [2.45, 2.75) is 39.0 Å². The fourth-order valence-electron chi connectivity index (χ4n) is 1.99. The molecule has 2 nitrogen and oxygen atoms in total. The van der Waals surface area contributed by atoms with Crippen LogP contribution in [0.4, 0.5) is 0 Å². The molecule has 1 aromatic carbocycles. The minimum absolute atomic E-state index is 0.139. The van der Waals surface area contributed by atoms with Crippen molar-refractivity contribution < 1.29 is 9.84 Å². The molecule has 0 saturated carbocycles. The molecule has 0 radical (unpaired) electrons. The van der Waals surface area contributed by atoms with Crippen LogP contribution in [-0.4, -0.2) is 18.8 Å². The highest BCUT2D eigenvalue weighted by atomic mass is 16.5. The van der Waals surface area contributed by atoms with Gasteiger partial charge in [0.15, 0.2) is 0 Å². The summed E-state index contributed by atoms with van der Waals surface area (Å²) in [5, 5.41) is 9.48. The van der Waals surface area contributed by atoms with Crippen LogP contribution >= 0.6 is 0 Å². The molecule has 16 heavy (non-hydrogen) atoms. The number of ether oxygens (including phenoxy) is 1. The van der Waals surface area contributed by atoms with Crippen LogP contribution in [0.2, 0.25) is 0 Å². The van der Waals surface area contributed by atoms with E-state index in [0.29, 0.717) is 5.92 Å². The summed E-state index contributed by atoms with van der Waals surface area (Å²) in [6, 6.07) is 6.04. The highest BCUT2D eigenvalue weighted by Gasteiger charge is 2.25. The first kappa shape index (κ1) is 13.0. The molecule has 0 saturated heterocycles. The van der Waals surface area contributed by atoms with E-state index in [-0.39, 0.29) is 12.0 Å². The second kappa shape index (κ2) is 4.88. The van der Waals surface area contributed by atoms with Crippen molar-refractivity contribution in [3.63, 3.8) is 0 Å². The number of benzene rings is 1. The van der Waals surface area contributed by atoms with Gasteiger partial charge in [0.25, 0.3) is 0 Å². The van der Waals surface area contributed by atoms with Crippen molar-refractivity contribution in [3.8, 4) is 5.75 Å². The molecule has 0 spiro atoms. The van der Waals surface area contributed by atoms with Gasteiger partial charge in [-0.1, -0.05) is 39.8 Å². The van der Waals surface area contributed by atoms with Gasteiger partial charge < -0.3 is 9.84 Å². The second-order valence-corrected chi connectivity index (χ2v) is 5.12. The number of hydrogen-bond donors (Lipinski definition) is 1. The van der Waals surface area contributed by atoms with Gasteiger partial charge in [0.1, 0.15) is 5.75 Å². The molecular formula is C14H22O2. The van der Waals surface area contributed by atoms with Crippen molar-refractivity contribution in [2.24, 2.45) is 0 Å². The summed E-state index contributed by atoms with van der Waals surface area (Å²) < 4.78 is 5.41. The predicted octanol–water partition coefficient (Wildman–Crippen LogP) is 3.09. The van der Waals surface area contributed by atoms with Crippen molar-refractivity contribution in [1.82, 2.24) is 0 Å². The van der Waals surface area contributed by atoms with Gasteiger partial charge in [-0.15, -0.1) is 0 Å². The molecule has 0 fully saturated rings. The first-order valence-electron chi connectivity index (χ1n) is 5.72. The maximum absolute atomic E-state index is 9.48. The molecular weight excluding hydrogens is 200 g/mol. The topological polar surface area (TPSA) is 29.5 Å². The Morgan fingerprint density at radius 1 is 1.31 bits per heavy atom. The number of aliphatic hydroxyl groups excluding tert-OH is 1. The number of rotatable bonds is 4. The first-order valence-corrected chi connectivity index (χ1v) is 5.72. The minimum atomic E-state index is -0.228. The maximum Gasteiger partial charge on any atom is 0.122 e. The zero-order valence-electron chi connectivity index (χ0n) is 10.9. The zero-order chi connectivity index (χ0) is 12.3. The summed E-state index contributed by atoms with van der Waals surface area (Å²) in [6.45, 7) is 8.53. The predicted molar refractivity (Wildman–Crippen MR) is 67.2 cm³/mol. The van der Waals surface area contributed by atoms with Gasteiger partial charge in [0, 0.05) is 11.0 Å². The molecule has 1 N–H and O–H groups in total. The SMILES string of the molecule is COc1cccc(C(C)(C)CO)c1C(C)C. The third-order valence-corrected chi connectivity index (χ3v) is 2.99. The summed E-state index contributed by atoms with van der Waals surface area (Å²) in [7, 11) is 1.69. The molecule has 1 rings (SSSR count). The second-order valence-electron chi connectivity index (χ2n) is 5.12. The molecule has 0 aromatic heterocycles. The maximum atomic E-state index is 9.48. The fourth-order valence-corrected chi connectivity index (χ4v) is 1.99. The Bertz CT molecular complexity index is 354. The van der Waals surface area contributed by atoms with Crippen molar-refractivity contribution in [2.75, 3.05) is 13.7 Å². The molecule has 0 heterocycles. The van der Waals surface area contributed by atoms with E-state index in [4.69, 9.17) is 4.74 Å². The Kier molecular flexibility index (Phi) is 3.98. The van der Waals surface area contributed by atoms with E-state index in [0.717, 1.165) is 5.75 Å². The Morgan fingerprint density at radius 2 is 1.94 bits per heavy atom. The monoisotopic (exact) mass is 222 g/mol. The molecule has 0 bridgehead atoms. The number of hydrogen-bond acceptors (Lipinski definition) is 2. The molecule has 90 valence electrons. The summed E-state index contributed by atoms with van der Waals surface area (Å²) in [4.78, 5) is 0. The zero-order valence-corrected chi connectivity index (χ0v) is 10.9. The standard InChI is InChI=1S/C14H22O2/c1-10(2)13-11(14(3,4)9-15)7-6-8-12(13)16-5/h6-8,10,15H,9H2,1-5H3. The Labute approximate surface area is 98.3 Å². The quantitative estimate of drug-likeness (QED) is 0.848. The molecule has 2 heteroatoms. The Morgan fingerprint density at radius 3 is 2.38 bits per heavy atom. The lowest BCUT2D eigenvalue weighted by atomic mass is 9.79. The molecule has 0 amide bonds. The van der Waals surface area contributed by atoms with Crippen LogP contribution in [0.15, 0.2) is 18.2 Å². The number of methoxy groups -OCH3 is 1. The van der Waals surface area contributed by atoms with E-state index in [9.17, 15) is 5.11 Å². The van der Waals surface area contributed by atoms with E-state index in [1.54, 1.807) is 7.11 Å². The Hall–Kier alpha value is -1.02. The first-order chi connectivity index (χ1) is 7.44. The van der Waals surface area contributed by atoms with Crippen molar-refractivity contribution in [3.05, 3.63) is 29.3 Å². The lowest BCUT2D eigenvalue weighted by Gasteiger charge is -2.28. The molecule has 1 aromatic rings. The molecule has 0 aliphatic carbocycles. The van der Waals surface area contributed by atoms with E-state index in [1.165, 1.54) is 11.1 Å². The summed E-state index contributed by atoms with van der Waals surface area (Å²) >= 11 is 0. The van der Waals surface area contributed by atoms with E-state index >= 15 is 0 Å². The average Bonchev–Trinajstić information content (AvgIpc) is 2.27. The summed E-state index contributed by atoms with van der Waals surface area (Å²) in [6.07, 6.45) is 0. The smallest absolute Gasteiger partial charge is 0.122 e. The molecule has 0 aliphatic rings. The largest absolute Gasteiger partial charge is 0.496 e. The molecule has 0 atom stereocenters. The van der Waals surface area contributed by atoms with Gasteiger partial charge in [0.05, 0.1) is 13.7 Å². The third kappa shape index (κ3) is 2.38. The lowest BCUT2D eigenvalue weighted by molar-refractivity contribution is 0.217. The van der Waals surface area contributed by atoms with Crippen molar-refractivity contribution in [1.29, 1.82) is 0 Å². The molecule has 0 aliphatic heterocycles. The van der Waals surface area contributed by atoms with Gasteiger partial charge in [-0.2, -0.15) is 0 Å². The van der Waals surface area contributed by atoms with E-state index < -0.39 is 0 Å². The minimum Gasteiger partial charge on any atom is -0.496 e. The third-order valence-electron chi connectivity index (χ3n) is 2.99. The van der Waals surface area contributed by atoms with Crippen LogP contribution in [0, 0.1) is 0 Å². The van der Waals surface area contributed by atoms with Crippen LogP contribution in [-0.2, 0) is 5.41 Å². The van der Waals surface area contributed by atoms with Crippen LogP contribution in [0.3, 0.4) is 0 Å². The normalized spacial score (nSPS) is 11.9. The summed E-state index contributed by atoms with van der Waals surface area (Å²) in [5.74, 6) is 1.30. The summed E-state index contributed by atoms with van der Waals surface area (Å²) in [5.41, 5.74) is 2.14. The van der Waals surface area contributed by atoms with Gasteiger partial charge >= 0.3 is 0 Å². The van der Waals surface area contributed by atoms with E-state index in [2.05, 4.69) is 19.9 Å². The fraction of sp³-hybridized carbons (Fsp3) is 0.571. The van der Waals surface area contributed by atoms with Crippen LogP contribution in [0.25, 0.3) is 0 Å². The Balaban J connectivity index is 3.39. The molecule has 0 unspecified atom stereocenters. The van der Waals surface area contributed by atoms with Crippen LogP contribution < -0.4 is 4.74 Å². The van der Waals surface area contributed by atoms with Gasteiger partial charge in [-0.25, -0.2) is 0 Å². The van der Waals surface area contributed by atoms with Crippen LogP contribution in [0.5, 0.6) is 5.75 Å². The van der Waals surface area contributed by atoms with Gasteiger partial charge in [0.2, 0.25) is 0 Å². The lowest BCUT2D eigenvalue weighted by Crippen LogP contribution is -2.24. The van der Waals surface area contributed by atoms with Crippen molar-refractivity contribution >= 4 is 0 Å². The average molecular weight is 222 g/mol. The highest BCUT2D eigenvalue weighted by Crippen LogP contribution is 2.36. The van der Waals surface area contributed by atoms with Crippen LogP contribution in [0.1, 0.15) is 44.7 Å². The van der Waals surface area contributed by atoms with E-state index in [1.807, 2.05) is 26.0 Å². The van der Waals surface area contributed by atoms with Gasteiger partial charge in [-0.05, 0) is 17.5 Å². The van der Waals surface area contributed by atoms with Gasteiger partial charge in [-0.3, -0.25) is 0 Å². The highest BCUT2D eigenvalue weighted by molar-refractivity contribution is 5.45. The number of aliphatic hydroxyl groups is 1.